The zero-order chi connectivity index (χ0) is 12.7. The molecular weight excluding hydrogens is 234 g/mol. The Morgan fingerprint density at radius 1 is 1.47 bits per heavy atom. The molecule has 0 spiro atoms. The van der Waals surface area contributed by atoms with E-state index in [-0.39, 0.29) is 11.9 Å². The van der Waals surface area contributed by atoms with Gasteiger partial charge in [0.2, 0.25) is 5.91 Å². The first kappa shape index (κ1) is 14.1. The average Bonchev–Trinajstić information content (AvgIpc) is 2.77. The fourth-order valence-electron chi connectivity index (χ4n) is 1.46. The van der Waals surface area contributed by atoms with Gasteiger partial charge in [-0.05, 0) is 19.9 Å². The molecule has 1 amide bonds. The Morgan fingerprint density at radius 3 is 2.82 bits per heavy atom. The molecule has 1 heterocycles. The van der Waals surface area contributed by atoms with Crippen LogP contribution in [0.2, 0.25) is 0 Å². The van der Waals surface area contributed by atoms with Crippen LogP contribution < -0.4 is 10.6 Å². The molecule has 1 atom stereocenters. The number of nitrogens with one attached hydrogen (secondary N) is 2. The monoisotopic (exact) mass is 255 g/mol. The maximum absolute atomic E-state index is 11.6. The lowest BCUT2D eigenvalue weighted by atomic mass is 10.2. The van der Waals surface area contributed by atoms with Crippen molar-refractivity contribution in [2.45, 2.75) is 45.7 Å². The van der Waals surface area contributed by atoms with Gasteiger partial charge in [-0.25, -0.2) is 4.98 Å². The Hall–Kier alpha value is -0.940. The third-order valence-corrected chi connectivity index (χ3v) is 3.29. The van der Waals surface area contributed by atoms with Crippen molar-refractivity contribution in [2.75, 3.05) is 6.54 Å². The molecule has 0 radical (unpaired) electrons. The van der Waals surface area contributed by atoms with Crippen molar-refractivity contribution in [3.8, 4) is 0 Å². The van der Waals surface area contributed by atoms with Crippen molar-refractivity contribution in [3.05, 3.63) is 16.6 Å². The van der Waals surface area contributed by atoms with Crippen LogP contribution in [-0.4, -0.2) is 23.5 Å². The van der Waals surface area contributed by atoms with Crippen molar-refractivity contribution in [3.63, 3.8) is 0 Å². The van der Waals surface area contributed by atoms with E-state index in [4.69, 9.17) is 0 Å². The maximum atomic E-state index is 11.6. The molecule has 0 saturated carbocycles. The van der Waals surface area contributed by atoms with E-state index in [1.165, 1.54) is 0 Å². The van der Waals surface area contributed by atoms with Crippen LogP contribution in [0.15, 0.2) is 11.6 Å². The summed E-state index contributed by atoms with van der Waals surface area (Å²) in [7, 11) is 0. The third-order valence-electron chi connectivity index (χ3n) is 2.33. The third kappa shape index (κ3) is 5.79. The molecule has 17 heavy (non-hydrogen) atoms. The lowest BCUT2D eigenvalue weighted by molar-refractivity contribution is -0.121. The number of hydrogen-bond acceptors (Lipinski definition) is 4. The molecule has 96 valence electrons. The summed E-state index contributed by atoms with van der Waals surface area (Å²) in [6.45, 7) is 7.05. The van der Waals surface area contributed by atoms with Gasteiger partial charge in [0, 0.05) is 24.0 Å². The van der Waals surface area contributed by atoms with Gasteiger partial charge in [0.1, 0.15) is 5.01 Å². The summed E-state index contributed by atoms with van der Waals surface area (Å²) >= 11 is 1.57. The first-order chi connectivity index (χ1) is 8.09. The number of carbonyl (C=O) groups excluding carboxylic acids is 1. The number of carbonyl (C=O) groups is 1. The molecule has 1 aromatic rings. The number of aromatic nitrogens is 1. The van der Waals surface area contributed by atoms with Crippen molar-refractivity contribution < 1.29 is 4.79 Å². The van der Waals surface area contributed by atoms with Crippen molar-refractivity contribution in [1.82, 2.24) is 15.6 Å². The van der Waals surface area contributed by atoms with Crippen molar-refractivity contribution in [2.24, 2.45) is 0 Å². The molecule has 0 aliphatic heterocycles. The summed E-state index contributed by atoms with van der Waals surface area (Å²) in [4.78, 5) is 15.8. The van der Waals surface area contributed by atoms with Crippen LogP contribution in [0.25, 0.3) is 0 Å². The molecule has 4 nitrogen and oxygen atoms in total. The van der Waals surface area contributed by atoms with Crippen LogP contribution in [0, 0.1) is 0 Å². The van der Waals surface area contributed by atoms with Crippen LogP contribution in [0.5, 0.6) is 0 Å². The highest BCUT2D eigenvalue weighted by Gasteiger charge is 2.10. The number of thiazole rings is 1. The summed E-state index contributed by atoms with van der Waals surface area (Å²) in [6, 6.07) is 0.493. The zero-order valence-electron chi connectivity index (χ0n) is 10.7. The molecule has 2 N–H and O–H groups in total. The van der Waals surface area contributed by atoms with Crippen LogP contribution in [0.1, 0.15) is 44.7 Å². The fraction of sp³-hybridized carbons (Fsp3) is 0.667. The largest absolute Gasteiger partial charge is 0.347 e. The van der Waals surface area contributed by atoms with E-state index in [0.717, 1.165) is 18.0 Å². The molecule has 0 aliphatic carbocycles. The van der Waals surface area contributed by atoms with E-state index in [1.54, 1.807) is 17.5 Å². The minimum Gasteiger partial charge on any atom is -0.347 e. The van der Waals surface area contributed by atoms with Crippen molar-refractivity contribution in [1.29, 1.82) is 0 Å². The lowest BCUT2D eigenvalue weighted by Gasteiger charge is -2.11. The summed E-state index contributed by atoms with van der Waals surface area (Å²) < 4.78 is 0. The molecule has 1 rings (SSSR count). The number of rotatable bonds is 7. The minimum absolute atomic E-state index is 0.0144. The van der Waals surface area contributed by atoms with Gasteiger partial charge in [-0.3, -0.25) is 4.79 Å². The highest BCUT2D eigenvalue weighted by atomic mass is 32.1. The highest BCUT2D eigenvalue weighted by Crippen LogP contribution is 2.14. The Kier molecular flexibility index (Phi) is 6.15. The number of nitrogens with zero attached hydrogens (tertiary/aromatic N) is 1. The second-order valence-corrected chi connectivity index (χ2v) is 5.30. The molecule has 0 fully saturated rings. The first-order valence-corrected chi connectivity index (χ1v) is 6.89. The van der Waals surface area contributed by atoms with E-state index >= 15 is 0 Å². The Morgan fingerprint density at radius 2 is 2.24 bits per heavy atom. The quantitative estimate of drug-likeness (QED) is 0.734. The number of hydrogen-bond donors (Lipinski definition) is 2. The highest BCUT2D eigenvalue weighted by molar-refractivity contribution is 7.09. The lowest BCUT2D eigenvalue weighted by Crippen LogP contribution is -2.28. The van der Waals surface area contributed by atoms with Gasteiger partial charge in [-0.2, -0.15) is 0 Å². The SMILES string of the molecule is CC(C)NCCCC(=O)NC(C)c1nccs1. The Bertz CT molecular complexity index is 325. The van der Waals surface area contributed by atoms with Crippen LogP contribution in [0.4, 0.5) is 0 Å². The normalized spacial score (nSPS) is 12.7. The number of amides is 1. The minimum atomic E-state index is 0.0144. The van der Waals surface area contributed by atoms with Gasteiger partial charge in [0.25, 0.3) is 0 Å². The predicted molar refractivity (Wildman–Crippen MR) is 71.0 cm³/mol. The molecule has 0 saturated heterocycles. The second kappa shape index (κ2) is 7.40. The summed E-state index contributed by atoms with van der Waals surface area (Å²) in [6.07, 6.45) is 3.19. The smallest absolute Gasteiger partial charge is 0.220 e. The van der Waals surface area contributed by atoms with Gasteiger partial charge in [-0.1, -0.05) is 13.8 Å². The van der Waals surface area contributed by atoms with Gasteiger partial charge in [0.05, 0.1) is 6.04 Å². The fourth-order valence-corrected chi connectivity index (χ4v) is 2.11. The molecule has 0 bridgehead atoms. The van der Waals surface area contributed by atoms with E-state index < -0.39 is 0 Å². The van der Waals surface area contributed by atoms with Crippen LogP contribution >= 0.6 is 11.3 Å². The Labute approximate surface area is 107 Å². The molecular formula is C12H21N3OS. The Balaban J connectivity index is 2.17. The summed E-state index contributed by atoms with van der Waals surface area (Å²) in [5, 5.41) is 9.12. The van der Waals surface area contributed by atoms with E-state index in [2.05, 4.69) is 29.5 Å². The standard InChI is InChI=1S/C12H21N3OS/c1-9(2)13-6-4-5-11(16)15-10(3)12-14-7-8-17-12/h7-10,13H,4-6H2,1-3H3,(H,15,16). The van der Waals surface area contributed by atoms with Gasteiger partial charge in [-0.15, -0.1) is 11.3 Å². The van der Waals surface area contributed by atoms with Gasteiger partial charge < -0.3 is 10.6 Å². The molecule has 5 heteroatoms. The van der Waals surface area contributed by atoms with E-state index in [1.807, 2.05) is 12.3 Å². The van der Waals surface area contributed by atoms with Crippen molar-refractivity contribution >= 4 is 17.2 Å². The maximum Gasteiger partial charge on any atom is 0.220 e. The molecule has 0 aromatic carbocycles. The second-order valence-electron chi connectivity index (χ2n) is 4.37. The predicted octanol–water partition coefficient (Wildman–Crippen LogP) is 2.10. The van der Waals surface area contributed by atoms with Gasteiger partial charge >= 0.3 is 0 Å². The molecule has 0 aliphatic rings. The van der Waals surface area contributed by atoms with E-state index in [0.29, 0.717) is 12.5 Å². The molecule has 1 unspecified atom stereocenters. The zero-order valence-corrected chi connectivity index (χ0v) is 11.5. The molecule has 1 aromatic heterocycles. The van der Waals surface area contributed by atoms with Crippen LogP contribution in [0.3, 0.4) is 0 Å². The summed E-state index contributed by atoms with van der Waals surface area (Å²) in [5.41, 5.74) is 0. The topological polar surface area (TPSA) is 54.0 Å². The van der Waals surface area contributed by atoms with E-state index in [9.17, 15) is 4.79 Å². The average molecular weight is 255 g/mol. The van der Waals surface area contributed by atoms with Gasteiger partial charge in [0.15, 0.2) is 0 Å². The summed E-state index contributed by atoms with van der Waals surface area (Å²) in [5.74, 6) is 0.0956. The first-order valence-electron chi connectivity index (χ1n) is 6.01. The van der Waals surface area contributed by atoms with Crippen LogP contribution in [-0.2, 0) is 4.79 Å².